The Kier molecular flexibility index (Phi) is 8.16. The van der Waals surface area contributed by atoms with Crippen LogP contribution in [0, 0.1) is 6.92 Å². The fraction of sp³-hybridized carbons (Fsp3) is 0.611. The van der Waals surface area contributed by atoms with Gasteiger partial charge in [0.25, 0.3) is 0 Å². The van der Waals surface area contributed by atoms with Crippen LogP contribution in [-0.2, 0) is 4.74 Å². The van der Waals surface area contributed by atoms with E-state index in [1.807, 2.05) is 11.8 Å². The summed E-state index contributed by atoms with van der Waals surface area (Å²) in [6.07, 6.45) is 4.38. The van der Waals surface area contributed by atoms with Crippen molar-refractivity contribution >= 4 is 41.7 Å². The summed E-state index contributed by atoms with van der Waals surface area (Å²) < 4.78 is 5.91. The largest absolute Gasteiger partial charge is 0.373 e. The molecule has 6 heteroatoms. The molecule has 2 N–H and O–H groups in total. The number of hydrogen-bond donors (Lipinski definition) is 2. The Balaban J connectivity index is 0.00000208. The number of nitrogens with one attached hydrogen (secondary N) is 2. The topological polar surface area (TPSA) is 45.7 Å². The minimum Gasteiger partial charge on any atom is -0.373 e. The molecular weight excluding hydrogens is 433 g/mol. The van der Waals surface area contributed by atoms with Gasteiger partial charge in [-0.15, -0.1) is 35.7 Å². The third-order valence-corrected chi connectivity index (χ3v) is 5.42. The standard InChI is InChI=1S/C18H27N3OS.HI/c1-3-19-18(21-16-12-14-6-9-17(16)22-14)20-10-11-23-15-7-4-13(2)5-8-15;/h4-5,7-8,14,16-17H,3,6,9-12H2,1-2H3,(H2,19,20,21);1H. The van der Waals surface area contributed by atoms with Gasteiger partial charge in [-0.05, 0) is 45.2 Å². The van der Waals surface area contributed by atoms with Gasteiger partial charge in [-0.3, -0.25) is 4.99 Å². The highest BCUT2D eigenvalue weighted by Crippen LogP contribution is 2.34. The van der Waals surface area contributed by atoms with Crippen LogP contribution in [-0.4, -0.2) is 43.1 Å². The number of fused-ring (bicyclic) bond motifs is 2. The first kappa shape index (κ1) is 19.8. The number of aryl methyl sites for hydroxylation is 1. The van der Waals surface area contributed by atoms with Gasteiger partial charge in [-0.25, -0.2) is 0 Å². The lowest BCUT2D eigenvalue weighted by Crippen LogP contribution is -2.47. The second-order valence-corrected chi connectivity index (χ2v) is 7.45. The van der Waals surface area contributed by atoms with Gasteiger partial charge in [-0.2, -0.15) is 0 Å². The van der Waals surface area contributed by atoms with E-state index in [2.05, 4.69) is 48.7 Å². The van der Waals surface area contributed by atoms with Crippen LogP contribution in [0.5, 0.6) is 0 Å². The monoisotopic (exact) mass is 461 g/mol. The zero-order chi connectivity index (χ0) is 16.1. The average molecular weight is 461 g/mol. The number of nitrogens with zero attached hydrogens (tertiary/aromatic N) is 1. The number of hydrogen-bond acceptors (Lipinski definition) is 3. The number of guanidine groups is 1. The third-order valence-electron chi connectivity index (χ3n) is 4.42. The number of rotatable bonds is 6. The van der Waals surface area contributed by atoms with Crippen LogP contribution >= 0.6 is 35.7 Å². The lowest BCUT2D eigenvalue weighted by atomic mass is 9.96. The molecule has 3 atom stereocenters. The van der Waals surface area contributed by atoms with E-state index in [0.717, 1.165) is 31.2 Å². The molecule has 1 aromatic rings. The number of benzene rings is 1. The van der Waals surface area contributed by atoms with Gasteiger partial charge < -0.3 is 15.4 Å². The summed E-state index contributed by atoms with van der Waals surface area (Å²) in [5.41, 5.74) is 1.30. The van der Waals surface area contributed by atoms with E-state index in [-0.39, 0.29) is 24.0 Å². The first-order valence-electron chi connectivity index (χ1n) is 8.64. The third kappa shape index (κ3) is 5.52. The number of halogens is 1. The minimum absolute atomic E-state index is 0. The molecule has 2 fully saturated rings. The quantitative estimate of drug-likeness (QED) is 0.224. The van der Waals surface area contributed by atoms with E-state index < -0.39 is 0 Å². The lowest BCUT2D eigenvalue weighted by molar-refractivity contribution is 0.0992. The van der Waals surface area contributed by atoms with Crippen molar-refractivity contribution in [2.24, 2.45) is 4.99 Å². The molecule has 4 nitrogen and oxygen atoms in total. The Bertz CT molecular complexity index is 538. The highest BCUT2D eigenvalue weighted by atomic mass is 127. The molecule has 3 rings (SSSR count). The fourth-order valence-corrected chi connectivity index (χ4v) is 3.99. The molecule has 3 unspecified atom stereocenters. The SMILES string of the molecule is CCNC(=NCCSc1ccc(C)cc1)NC1CC2CCC1O2.I. The molecule has 2 bridgehead atoms. The Morgan fingerprint density at radius 3 is 2.71 bits per heavy atom. The molecule has 2 aliphatic heterocycles. The second-order valence-electron chi connectivity index (χ2n) is 6.28. The molecule has 0 spiro atoms. The van der Waals surface area contributed by atoms with E-state index in [4.69, 9.17) is 9.73 Å². The van der Waals surface area contributed by atoms with Crippen LogP contribution in [0.4, 0.5) is 0 Å². The summed E-state index contributed by atoms with van der Waals surface area (Å²) in [6, 6.07) is 9.11. The smallest absolute Gasteiger partial charge is 0.191 e. The maximum Gasteiger partial charge on any atom is 0.191 e. The predicted molar refractivity (Wildman–Crippen MR) is 113 cm³/mol. The van der Waals surface area contributed by atoms with Gasteiger partial charge in [0.2, 0.25) is 0 Å². The molecular formula is C18H28IN3OS. The Hall–Kier alpha value is -0.470. The van der Waals surface area contributed by atoms with Crippen molar-refractivity contribution in [1.82, 2.24) is 10.6 Å². The molecule has 24 heavy (non-hydrogen) atoms. The van der Waals surface area contributed by atoms with E-state index in [1.165, 1.54) is 23.3 Å². The molecule has 134 valence electrons. The summed E-state index contributed by atoms with van der Waals surface area (Å²) in [7, 11) is 0. The predicted octanol–water partition coefficient (Wildman–Crippen LogP) is 3.58. The first-order valence-corrected chi connectivity index (χ1v) is 9.63. The van der Waals surface area contributed by atoms with Gasteiger partial charge in [0, 0.05) is 17.2 Å². The summed E-state index contributed by atoms with van der Waals surface area (Å²) in [4.78, 5) is 6.02. The summed E-state index contributed by atoms with van der Waals surface area (Å²) in [5, 5.41) is 6.91. The van der Waals surface area contributed by atoms with Gasteiger partial charge in [0.15, 0.2) is 5.96 Å². The van der Waals surface area contributed by atoms with Gasteiger partial charge in [-0.1, -0.05) is 17.7 Å². The Morgan fingerprint density at radius 1 is 1.29 bits per heavy atom. The average Bonchev–Trinajstić information content (AvgIpc) is 3.16. The highest BCUT2D eigenvalue weighted by Gasteiger charge is 2.41. The van der Waals surface area contributed by atoms with Crippen LogP contribution in [0.25, 0.3) is 0 Å². The zero-order valence-electron chi connectivity index (χ0n) is 14.5. The van der Waals surface area contributed by atoms with Gasteiger partial charge in [0.1, 0.15) is 0 Å². The number of ether oxygens (including phenoxy) is 1. The molecule has 0 aromatic heterocycles. The zero-order valence-corrected chi connectivity index (χ0v) is 17.6. The maximum atomic E-state index is 5.91. The number of aliphatic imine (C=N–C) groups is 1. The lowest BCUT2D eigenvalue weighted by Gasteiger charge is -2.22. The number of thioether (sulfide) groups is 1. The van der Waals surface area contributed by atoms with Crippen molar-refractivity contribution < 1.29 is 4.74 Å². The maximum absolute atomic E-state index is 5.91. The van der Waals surface area contributed by atoms with E-state index >= 15 is 0 Å². The molecule has 1 aromatic carbocycles. The summed E-state index contributed by atoms with van der Waals surface area (Å²) >= 11 is 1.86. The molecule has 0 aliphatic carbocycles. The molecule has 2 aliphatic rings. The van der Waals surface area contributed by atoms with Gasteiger partial charge >= 0.3 is 0 Å². The van der Waals surface area contributed by atoms with Crippen LogP contribution in [0.1, 0.15) is 31.7 Å². The Labute approximate surface area is 166 Å². The van der Waals surface area contributed by atoms with E-state index in [0.29, 0.717) is 18.2 Å². The minimum atomic E-state index is 0. The van der Waals surface area contributed by atoms with E-state index in [1.54, 1.807) is 0 Å². The summed E-state index contributed by atoms with van der Waals surface area (Å²) in [5.74, 6) is 1.92. The van der Waals surface area contributed by atoms with Crippen molar-refractivity contribution in [3.8, 4) is 0 Å². The van der Waals surface area contributed by atoms with Crippen LogP contribution < -0.4 is 10.6 Å². The van der Waals surface area contributed by atoms with E-state index in [9.17, 15) is 0 Å². The molecule has 2 heterocycles. The van der Waals surface area contributed by atoms with Crippen molar-refractivity contribution in [1.29, 1.82) is 0 Å². The second kappa shape index (κ2) is 9.87. The van der Waals surface area contributed by atoms with Crippen molar-refractivity contribution in [3.05, 3.63) is 29.8 Å². The van der Waals surface area contributed by atoms with Crippen molar-refractivity contribution in [2.45, 2.75) is 56.3 Å². The van der Waals surface area contributed by atoms with Crippen LogP contribution in [0.15, 0.2) is 34.2 Å². The molecule has 0 amide bonds. The Morgan fingerprint density at radius 2 is 2.08 bits per heavy atom. The normalized spacial score (nSPS) is 25.4. The van der Waals surface area contributed by atoms with Crippen LogP contribution in [0.3, 0.4) is 0 Å². The van der Waals surface area contributed by atoms with Crippen molar-refractivity contribution in [2.75, 3.05) is 18.8 Å². The van der Waals surface area contributed by atoms with Crippen LogP contribution in [0.2, 0.25) is 0 Å². The fourth-order valence-electron chi connectivity index (χ4n) is 3.24. The summed E-state index contributed by atoms with van der Waals surface area (Å²) in [6.45, 7) is 5.93. The molecule has 0 radical (unpaired) electrons. The first-order chi connectivity index (χ1) is 11.2. The molecule has 2 saturated heterocycles. The van der Waals surface area contributed by atoms with Crippen molar-refractivity contribution in [3.63, 3.8) is 0 Å². The van der Waals surface area contributed by atoms with Gasteiger partial charge in [0.05, 0.1) is 24.8 Å². The molecule has 0 saturated carbocycles. The highest BCUT2D eigenvalue weighted by molar-refractivity contribution is 14.0.